The lowest BCUT2D eigenvalue weighted by Crippen LogP contribution is -2.24. The van der Waals surface area contributed by atoms with Gasteiger partial charge in [-0.25, -0.2) is 8.78 Å². The Morgan fingerprint density at radius 2 is 2.10 bits per heavy atom. The maximum atomic E-state index is 14.2. The number of benzene rings is 2. The van der Waals surface area contributed by atoms with Crippen molar-refractivity contribution in [2.75, 3.05) is 13.7 Å². The van der Waals surface area contributed by atoms with Gasteiger partial charge in [0.05, 0.1) is 7.11 Å². The Morgan fingerprint density at radius 3 is 2.81 bits per heavy atom. The standard InChI is InChI=1S/C16H15F2NO2/c1-20-15-3-2-11(17)7-13(15)9-4-10-5-12(8-19)21-16(10)14(18)6-9/h2-4,6-7,12H,5,8,19H2,1H3/t12-/m1/s1. The molecule has 2 aromatic rings. The molecule has 0 spiro atoms. The van der Waals surface area contributed by atoms with Crippen LogP contribution in [0.4, 0.5) is 8.78 Å². The molecular weight excluding hydrogens is 276 g/mol. The predicted molar refractivity (Wildman–Crippen MR) is 75.5 cm³/mol. The van der Waals surface area contributed by atoms with Gasteiger partial charge in [-0.2, -0.15) is 0 Å². The van der Waals surface area contributed by atoms with E-state index in [1.165, 1.54) is 31.4 Å². The van der Waals surface area contributed by atoms with Crippen LogP contribution in [-0.2, 0) is 6.42 Å². The Bertz CT molecular complexity index is 688. The summed E-state index contributed by atoms with van der Waals surface area (Å²) in [6, 6.07) is 7.28. The van der Waals surface area contributed by atoms with Gasteiger partial charge in [-0.05, 0) is 35.9 Å². The normalized spacial score (nSPS) is 16.5. The minimum absolute atomic E-state index is 0.209. The van der Waals surface area contributed by atoms with Crippen LogP contribution in [0.25, 0.3) is 11.1 Å². The molecule has 2 N–H and O–H groups in total. The largest absolute Gasteiger partial charge is 0.496 e. The van der Waals surface area contributed by atoms with Crippen LogP contribution < -0.4 is 15.2 Å². The Kier molecular flexibility index (Phi) is 3.51. The van der Waals surface area contributed by atoms with Crippen molar-refractivity contribution in [3.8, 4) is 22.6 Å². The predicted octanol–water partition coefficient (Wildman–Crippen LogP) is 2.90. The first-order chi connectivity index (χ1) is 10.1. The zero-order valence-corrected chi connectivity index (χ0v) is 11.5. The van der Waals surface area contributed by atoms with Gasteiger partial charge in [0, 0.05) is 24.1 Å². The molecule has 1 atom stereocenters. The molecule has 3 rings (SSSR count). The van der Waals surface area contributed by atoms with E-state index in [0.717, 1.165) is 5.56 Å². The van der Waals surface area contributed by atoms with E-state index in [2.05, 4.69) is 0 Å². The molecule has 0 amide bonds. The zero-order chi connectivity index (χ0) is 15.0. The molecule has 0 saturated carbocycles. The summed E-state index contributed by atoms with van der Waals surface area (Å²) in [5.41, 5.74) is 7.37. The van der Waals surface area contributed by atoms with Crippen molar-refractivity contribution in [3.63, 3.8) is 0 Å². The quantitative estimate of drug-likeness (QED) is 0.945. The lowest BCUT2D eigenvalue weighted by atomic mass is 9.99. The van der Waals surface area contributed by atoms with Crippen molar-refractivity contribution >= 4 is 0 Å². The monoisotopic (exact) mass is 291 g/mol. The highest BCUT2D eigenvalue weighted by atomic mass is 19.1. The lowest BCUT2D eigenvalue weighted by molar-refractivity contribution is 0.232. The molecule has 3 nitrogen and oxygen atoms in total. The number of halogens is 2. The number of fused-ring (bicyclic) bond motifs is 1. The molecule has 5 heteroatoms. The molecule has 0 unspecified atom stereocenters. The van der Waals surface area contributed by atoms with Gasteiger partial charge in [-0.15, -0.1) is 0 Å². The average Bonchev–Trinajstić information content (AvgIpc) is 2.91. The van der Waals surface area contributed by atoms with Crippen LogP contribution in [0.1, 0.15) is 5.56 Å². The molecule has 0 bridgehead atoms. The fourth-order valence-corrected chi connectivity index (χ4v) is 2.58. The van der Waals surface area contributed by atoms with Crippen molar-refractivity contribution in [1.82, 2.24) is 0 Å². The summed E-state index contributed by atoms with van der Waals surface area (Å²) in [4.78, 5) is 0. The first kappa shape index (κ1) is 13.8. The van der Waals surface area contributed by atoms with Crippen LogP contribution >= 0.6 is 0 Å². The summed E-state index contributed by atoms with van der Waals surface area (Å²) in [7, 11) is 1.49. The van der Waals surface area contributed by atoms with Gasteiger partial charge in [0.25, 0.3) is 0 Å². The second kappa shape index (κ2) is 5.33. The topological polar surface area (TPSA) is 44.5 Å². The molecule has 2 aromatic carbocycles. The molecule has 0 aliphatic carbocycles. The van der Waals surface area contributed by atoms with Gasteiger partial charge in [0.1, 0.15) is 17.7 Å². The molecule has 0 radical (unpaired) electrons. The fraction of sp³-hybridized carbons (Fsp3) is 0.250. The van der Waals surface area contributed by atoms with Crippen molar-refractivity contribution in [2.45, 2.75) is 12.5 Å². The van der Waals surface area contributed by atoms with Crippen molar-refractivity contribution < 1.29 is 18.3 Å². The van der Waals surface area contributed by atoms with Crippen LogP contribution in [0.5, 0.6) is 11.5 Å². The Balaban J connectivity index is 2.10. The molecule has 0 aromatic heterocycles. The third-order valence-corrected chi connectivity index (χ3v) is 3.59. The number of nitrogens with two attached hydrogens (primary N) is 1. The maximum absolute atomic E-state index is 14.2. The first-order valence-corrected chi connectivity index (χ1v) is 6.65. The van der Waals surface area contributed by atoms with Crippen molar-refractivity contribution in [1.29, 1.82) is 0 Å². The van der Waals surface area contributed by atoms with Crippen LogP contribution in [-0.4, -0.2) is 19.8 Å². The zero-order valence-electron chi connectivity index (χ0n) is 11.5. The third kappa shape index (κ3) is 2.45. The Morgan fingerprint density at radius 1 is 1.29 bits per heavy atom. The number of ether oxygens (including phenoxy) is 2. The number of hydrogen-bond acceptors (Lipinski definition) is 3. The molecular formula is C16H15F2NO2. The Labute approximate surface area is 121 Å². The van der Waals surface area contributed by atoms with E-state index in [1.54, 1.807) is 6.07 Å². The van der Waals surface area contributed by atoms with Gasteiger partial charge >= 0.3 is 0 Å². The molecule has 0 saturated heterocycles. The summed E-state index contributed by atoms with van der Waals surface area (Å²) in [6.07, 6.45) is 0.341. The van der Waals surface area contributed by atoms with E-state index in [-0.39, 0.29) is 11.9 Å². The first-order valence-electron chi connectivity index (χ1n) is 6.65. The number of rotatable bonds is 3. The molecule has 1 aliphatic heterocycles. The SMILES string of the molecule is COc1ccc(F)cc1-c1cc(F)c2c(c1)C[C@H](CN)O2. The summed E-state index contributed by atoms with van der Waals surface area (Å²) >= 11 is 0. The van der Waals surface area contributed by atoms with Crippen LogP contribution in [0, 0.1) is 11.6 Å². The summed E-state index contributed by atoms with van der Waals surface area (Å²) < 4.78 is 38.3. The molecule has 0 fully saturated rings. The summed E-state index contributed by atoms with van der Waals surface area (Å²) in [5.74, 6) is -0.137. The van der Waals surface area contributed by atoms with E-state index in [1.807, 2.05) is 0 Å². The van der Waals surface area contributed by atoms with Crippen LogP contribution in [0.2, 0.25) is 0 Å². The fourth-order valence-electron chi connectivity index (χ4n) is 2.58. The highest BCUT2D eigenvalue weighted by Crippen LogP contribution is 2.38. The highest BCUT2D eigenvalue weighted by Gasteiger charge is 2.26. The molecule has 1 aliphatic rings. The van der Waals surface area contributed by atoms with Gasteiger partial charge in [0.15, 0.2) is 11.6 Å². The average molecular weight is 291 g/mol. The molecule has 1 heterocycles. The van der Waals surface area contributed by atoms with Crippen molar-refractivity contribution in [2.24, 2.45) is 5.73 Å². The second-order valence-corrected chi connectivity index (χ2v) is 4.97. The summed E-state index contributed by atoms with van der Waals surface area (Å²) in [6.45, 7) is 0.326. The smallest absolute Gasteiger partial charge is 0.165 e. The second-order valence-electron chi connectivity index (χ2n) is 4.97. The number of hydrogen-bond donors (Lipinski definition) is 1. The van der Waals surface area contributed by atoms with Gasteiger partial charge in [-0.3, -0.25) is 0 Å². The van der Waals surface area contributed by atoms with E-state index in [4.69, 9.17) is 15.2 Å². The van der Waals surface area contributed by atoms with Gasteiger partial charge in [0.2, 0.25) is 0 Å². The van der Waals surface area contributed by atoms with E-state index >= 15 is 0 Å². The van der Waals surface area contributed by atoms with E-state index in [9.17, 15) is 8.78 Å². The molecule has 110 valence electrons. The van der Waals surface area contributed by atoms with Gasteiger partial charge in [-0.1, -0.05) is 0 Å². The minimum atomic E-state index is -0.468. The van der Waals surface area contributed by atoms with Crippen LogP contribution in [0.3, 0.4) is 0 Å². The van der Waals surface area contributed by atoms with Crippen molar-refractivity contribution in [3.05, 3.63) is 47.5 Å². The maximum Gasteiger partial charge on any atom is 0.165 e. The third-order valence-electron chi connectivity index (χ3n) is 3.59. The lowest BCUT2D eigenvalue weighted by Gasteiger charge is -2.11. The van der Waals surface area contributed by atoms with E-state index < -0.39 is 11.6 Å². The Hall–Kier alpha value is -2.14. The number of methoxy groups -OCH3 is 1. The molecule has 21 heavy (non-hydrogen) atoms. The van der Waals surface area contributed by atoms with E-state index in [0.29, 0.717) is 29.8 Å². The summed E-state index contributed by atoms with van der Waals surface area (Å²) in [5, 5.41) is 0. The minimum Gasteiger partial charge on any atom is -0.496 e. The van der Waals surface area contributed by atoms with Gasteiger partial charge < -0.3 is 15.2 Å². The van der Waals surface area contributed by atoms with Crippen LogP contribution in [0.15, 0.2) is 30.3 Å². The highest BCUT2D eigenvalue weighted by molar-refractivity contribution is 5.72.